The second-order valence-electron chi connectivity index (χ2n) is 7.72. The smallest absolute Gasteiger partial charge is 0.229 e. The molecule has 0 aliphatic carbocycles. The van der Waals surface area contributed by atoms with Crippen LogP contribution in [0.25, 0.3) is 0 Å². The third-order valence-corrected chi connectivity index (χ3v) is 5.73. The lowest BCUT2D eigenvalue weighted by Gasteiger charge is -2.29. The minimum absolute atomic E-state index is 0.199. The zero-order chi connectivity index (χ0) is 18.6. The first-order valence-electron chi connectivity index (χ1n) is 10.2. The summed E-state index contributed by atoms with van der Waals surface area (Å²) in [6.45, 7) is 5.12. The van der Waals surface area contributed by atoms with E-state index < -0.39 is 0 Å². The summed E-state index contributed by atoms with van der Waals surface area (Å²) in [5, 5.41) is 3.40. The molecule has 142 valence electrons. The van der Waals surface area contributed by atoms with Crippen molar-refractivity contribution in [3.05, 3.63) is 54.1 Å². The minimum Gasteiger partial charge on any atom is -0.385 e. The Morgan fingerprint density at radius 2 is 1.78 bits per heavy atom. The number of amides is 1. The zero-order valence-electron chi connectivity index (χ0n) is 16.2. The highest BCUT2D eigenvalue weighted by Crippen LogP contribution is 2.32. The molecule has 2 heterocycles. The van der Waals surface area contributed by atoms with Crippen LogP contribution in [-0.4, -0.2) is 31.6 Å². The third kappa shape index (κ3) is 3.95. The van der Waals surface area contributed by atoms with Crippen molar-refractivity contribution < 1.29 is 4.79 Å². The maximum Gasteiger partial charge on any atom is 0.229 e. The van der Waals surface area contributed by atoms with Crippen molar-refractivity contribution in [3.8, 4) is 0 Å². The normalized spacial score (nSPS) is 19.1. The van der Waals surface area contributed by atoms with Crippen LogP contribution in [0.3, 0.4) is 0 Å². The molecule has 1 unspecified atom stereocenters. The standard InChI is InChI=1S/C23H29N3O/c1-18-17-19-7-3-4-8-22(19)26(18)23(27)13-14-24-20-9-11-21(12-10-20)25-15-5-2-6-16-25/h3-4,7-12,18,24H,2,5-6,13-17H2,1H3. The Morgan fingerprint density at radius 1 is 1.04 bits per heavy atom. The molecule has 0 spiro atoms. The summed E-state index contributed by atoms with van der Waals surface area (Å²) < 4.78 is 0. The molecular weight excluding hydrogens is 334 g/mol. The van der Waals surface area contributed by atoms with Crippen LogP contribution in [0.4, 0.5) is 17.1 Å². The molecule has 2 aliphatic heterocycles. The number of hydrogen-bond donors (Lipinski definition) is 1. The van der Waals surface area contributed by atoms with Crippen molar-refractivity contribution >= 4 is 23.0 Å². The third-order valence-electron chi connectivity index (χ3n) is 5.73. The van der Waals surface area contributed by atoms with Gasteiger partial charge in [0.25, 0.3) is 0 Å². The van der Waals surface area contributed by atoms with Gasteiger partial charge in [0.1, 0.15) is 0 Å². The molecule has 1 saturated heterocycles. The van der Waals surface area contributed by atoms with Gasteiger partial charge in [0, 0.05) is 49.2 Å². The molecule has 4 heteroatoms. The quantitative estimate of drug-likeness (QED) is 0.852. The lowest BCUT2D eigenvalue weighted by molar-refractivity contribution is -0.118. The zero-order valence-corrected chi connectivity index (χ0v) is 16.2. The number of nitrogens with zero attached hydrogens (tertiary/aromatic N) is 2. The van der Waals surface area contributed by atoms with Gasteiger partial charge in [-0.15, -0.1) is 0 Å². The van der Waals surface area contributed by atoms with Gasteiger partial charge >= 0.3 is 0 Å². The molecule has 1 fully saturated rings. The first-order valence-corrected chi connectivity index (χ1v) is 10.2. The lowest BCUT2D eigenvalue weighted by atomic mass is 10.1. The number of nitrogens with one attached hydrogen (secondary N) is 1. The van der Waals surface area contributed by atoms with E-state index in [4.69, 9.17) is 0 Å². The molecule has 2 aromatic carbocycles. The van der Waals surface area contributed by atoms with E-state index in [1.165, 1.54) is 30.5 Å². The molecule has 1 amide bonds. The summed E-state index contributed by atoms with van der Waals surface area (Å²) in [5.74, 6) is 0.199. The van der Waals surface area contributed by atoms with Crippen LogP contribution in [0.2, 0.25) is 0 Å². The van der Waals surface area contributed by atoms with Crippen LogP contribution in [0.15, 0.2) is 48.5 Å². The van der Waals surface area contributed by atoms with Crippen molar-refractivity contribution in [1.29, 1.82) is 0 Å². The number of benzene rings is 2. The molecule has 4 nitrogen and oxygen atoms in total. The molecule has 0 bridgehead atoms. The van der Waals surface area contributed by atoms with Gasteiger partial charge in [-0.2, -0.15) is 0 Å². The fourth-order valence-corrected chi connectivity index (χ4v) is 4.32. The number of carbonyl (C=O) groups excluding carboxylic acids is 1. The van der Waals surface area contributed by atoms with E-state index in [1.807, 2.05) is 11.0 Å². The van der Waals surface area contributed by atoms with E-state index in [9.17, 15) is 4.79 Å². The second kappa shape index (κ2) is 8.03. The van der Waals surface area contributed by atoms with E-state index in [1.54, 1.807) is 0 Å². The average Bonchev–Trinajstić information content (AvgIpc) is 3.05. The monoisotopic (exact) mass is 363 g/mol. The van der Waals surface area contributed by atoms with Crippen molar-refractivity contribution in [2.24, 2.45) is 0 Å². The topological polar surface area (TPSA) is 35.6 Å². The Kier molecular flexibility index (Phi) is 5.33. The Hall–Kier alpha value is -2.49. The van der Waals surface area contributed by atoms with Gasteiger partial charge in [0.2, 0.25) is 5.91 Å². The van der Waals surface area contributed by atoms with Crippen LogP contribution < -0.4 is 15.1 Å². The molecule has 4 rings (SSSR count). The first kappa shape index (κ1) is 17.9. The maximum atomic E-state index is 12.7. The molecule has 0 saturated carbocycles. The summed E-state index contributed by atoms with van der Waals surface area (Å²) in [4.78, 5) is 17.2. The number of hydrogen-bond acceptors (Lipinski definition) is 3. The SMILES string of the molecule is CC1Cc2ccccc2N1C(=O)CCNc1ccc(N2CCCCC2)cc1. The van der Waals surface area contributed by atoms with Gasteiger partial charge < -0.3 is 15.1 Å². The number of carbonyl (C=O) groups is 1. The van der Waals surface area contributed by atoms with Crippen molar-refractivity contribution in [1.82, 2.24) is 0 Å². The first-order chi connectivity index (χ1) is 13.2. The number of piperidine rings is 1. The fraction of sp³-hybridized carbons (Fsp3) is 0.435. The van der Waals surface area contributed by atoms with E-state index >= 15 is 0 Å². The van der Waals surface area contributed by atoms with E-state index in [0.717, 1.165) is 30.9 Å². The number of fused-ring (bicyclic) bond motifs is 1. The Balaban J connectivity index is 1.30. The largest absolute Gasteiger partial charge is 0.385 e. The van der Waals surface area contributed by atoms with Crippen LogP contribution in [0.5, 0.6) is 0 Å². The van der Waals surface area contributed by atoms with Crippen molar-refractivity contribution in [2.75, 3.05) is 34.8 Å². The molecule has 0 aromatic heterocycles. The molecule has 0 radical (unpaired) electrons. The number of rotatable bonds is 5. The predicted octanol–water partition coefficient (Wildman–Crippen LogP) is 4.46. The van der Waals surface area contributed by atoms with E-state index in [-0.39, 0.29) is 11.9 Å². The Morgan fingerprint density at radius 3 is 2.56 bits per heavy atom. The summed E-state index contributed by atoms with van der Waals surface area (Å²) in [6, 6.07) is 17.1. The van der Waals surface area contributed by atoms with Gasteiger partial charge in [0.05, 0.1) is 0 Å². The summed E-state index contributed by atoms with van der Waals surface area (Å²) >= 11 is 0. The molecule has 2 aromatic rings. The fourth-order valence-electron chi connectivity index (χ4n) is 4.32. The van der Waals surface area contributed by atoms with Gasteiger partial charge in [-0.1, -0.05) is 18.2 Å². The summed E-state index contributed by atoms with van der Waals surface area (Å²) in [5.41, 5.74) is 4.75. The van der Waals surface area contributed by atoms with Gasteiger partial charge in [-0.05, 0) is 68.5 Å². The second-order valence-corrected chi connectivity index (χ2v) is 7.72. The van der Waals surface area contributed by atoms with Crippen molar-refractivity contribution in [2.45, 2.75) is 45.1 Å². The van der Waals surface area contributed by atoms with Crippen molar-refractivity contribution in [3.63, 3.8) is 0 Å². The van der Waals surface area contributed by atoms with E-state index in [2.05, 4.69) is 59.6 Å². The summed E-state index contributed by atoms with van der Waals surface area (Å²) in [6.07, 6.45) is 5.39. The van der Waals surface area contributed by atoms with E-state index in [0.29, 0.717) is 13.0 Å². The molecule has 2 aliphatic rings. The molecule has 1 atom stereocenters. The van der Waals surface area contributed by atoms with Crippen LogP contribution in [-0.2, 0) is 11.2 Å². The van der Waals surface area contributed by atoms with Crippen LogP contribution in [0, 0.1) is 0 Å². The molecular formula is C23H29N3O. The Labute approximate surface area is 162 Å². The highest BCUT2D eigenvalue weighted by molar-refractivity contribution is 5.96. The Bertz CT molecular complexity index is 780. The van der Waals surface area contributed by atoms with Gasteiger partial charge in [-0.25, -0.2) is 0 Å². The maximum absolute atomic E-state index is 12.7. The number of para-hydroxylation sites is 1. The van der Waals surface area contributed by atoms with Crippen LogP contribution in [0.1, 0.15) is 38.2 Å². The summed E-state index contributed by atoms with van der Waals surface area (Å²) in [7, 11) is 0. The van der Waals surface area contributed by atoms with Gasteiger partial charge in [-0.3, -0.25) is 4.79 Å². The number of anilines is 3. The predicted molar refractivity (Wildman–Crippen MR) is 113 cm³/mol. The minimum atomic E-state index is 0.199. The highest BCUT2D eigenvalue weighted by atomic mass is 16.2. The lowest BCUT2D eigenvalue weighted by Crippen LogP contribution is -2.36. The average molecular weight is 364 g/mol. The van der Waals surface area contributed by atoms with Crippen LogP contribution >= 0.6 is 0 Å². The highest BCUT2D eigenvalue weighted by Gasteiger charge is 2.29. The molecule has 1 N–H and O–H groups in total. The van der Waals surface area contributed by atoms with Gasteiger partial charge in [0.15, 0.2) is 0 Å². The molecule has 27 heavy (non-hydrogen) atoms.